The lowest BCUT2D eigenvalue weighted by Crippen LogP contribution is -2.10. The summed E-state index contributed by atoms with van der Waals surface area (Å²) in [7, 11) is 0. The van der Waals surface area contributed by atoms with Crippen LogP contribution in [-0.2, 0) is 0 Å². The summed E-state index contributed by atoms with van der Waals surface area (Å²) in [5.41, 5.74) is 6.76. The molecule has 21 heavy (non-hydrogen) atoms. The van der Waals surface area contributed by atoms with E-state index in [9.17, 15) is 10.1 Å². The molecule has 1 unspecified atom stereocenters. The minimum atomic E-state index is -0.506. The summed E-state index contributed by atoms with van der Waals surface area (Å²) in [6.45, 7) is 1.85. The van der Waals surface area contributed by atoms with Gasteiger partial charge in [0.1, 0.15) is 11.4 Å². The van der Waals surface area contributed by atoms with E-state index in [0.717, 1.165) is 5.56 Å². The molecule has 0 saturated carbocycles. The summed E-state index contributed by atoms with van der Waals surface area (Å²) in [4.78, 5) is 10.6. The van der Waals surface area contributed by atoms with Gasteiger partial charge in [-0.05, 0) is 36.8 Å². The van der Waals surface area contributed by atoms with Crippen molar-refractivity contribution in [2.24, 2.45) is 0 Å². The maximum Gasteiger partial charge on any atom is 0.314 e. The maximum absolute atomic E-state index is 11.1. The quantitative estimate of drug-likeness (QED) is 0.486. The molecule has 0 aliphatic carbocycles. The van der Waals surface area contributed by atoms with Crippen molar-refractivity contribution in [3.8, 4) is 0 Å². The van der Waals surface area contributed by atoms with E-state index in [1.807, 2.05) is 6.92 Å². The third-order valence-electron chi connectivity index (χ3n) is 3.05. The zero-order valence-electron chi connectivity index (χ0n) is 11.1. The van der Waals surface area contributed by atoms with Crippen LogP contribution in [0.15, 0.2) is 36.4 Å². The van der Waals surface area contributed by atoms with E-state index in [4.69, 9.17) is 28.9 Å². The van der Waals surface area contributed by atoms with E-state index in [0.29, 0.717) is 15.7 Å². The number of rotatable bonds is 4. The van der Waals surface area contributed by atoms with Crippen molar-refractivity contribution in [3.05, 3.63) is 62.1 Å². The molecule has 0 spiro atoms. The fourth-order valence-corrected chi connectivity index (χ4v) is 2.62. The highest BCUT2D eigenvalue weighted by molar-refractivity contribution is 6.35. The highest BCUT2D eigenvalue weighted by Gasteiger charge is 2.20. The third-order valence-corrected chi connectivity index (χ3v) is 3.61. The Bertz CT molecular complexity index is 692. The van der Waals surface area contributed by atoms with Crippen LogP contribution in [0.4, 0.5) is 17.1 Å². The molecule has 2 aromatic carbocycles. The van der Waals surface area contributed by atoms with Crippen LogP contribution < -0.4 is 11.1 Å². The standard InChI is InChI=1S/C14H13Cl2N3O2/c1-8(10-6-5-9(15)7-11(10)16)18-13-4-2-3-12(17)14(13)19(20)21/h2-8,18H,17H2,1H3. The van der Waals surface area contributed by atoms with Crippen LogP contribution in [0.3, 0.4) is 0 Å². The summed E-state index contributed by atoms with van der Waals surface area (Å²) in [5.74, 6) is 0. The number of nitrogen functional groups attached to an aromatic ring is 1. The first-order chi connectivity index (χ1) is 9.90. The Morgan fingerprint density at radius 3 is 2.62 bits per heavy atom. The van der Waals surface area contributed by atoms with Crippen molar-refractivity contribution in [1.29, 1.82) is 0 Å². The van der Waals surface area contributed by atoms with Gasteiger partial charge in [-0.1, -0.05) is 35.3 Å². The van der Waals surface area contributed by atoms with Crippen molar-refractivity contribution in [2.45, 2.75) is 13.0 Å². The Kier molecular flexibility index (Phi) is 4.55. The number of halogens is 2. The molecule has 2 rings (SSSR count). The fourth-order valence-electron chi connectivity index (χ4n) is 2.05. The Labute approximate surface area is 131 Å². The number of para-hydroxylation sites is 1. The zero-order chi connectivity index (χ0) is 15.6. The lowest BCUT2D eigenvalue weighted by atomic mass is 10.1. The van der Waals surface area contributed by atoms with Gasteiger partial charge in [0.15, 0.2) is 0 Å². The predicted molar refractivity (Wildman–Crippen MR) is 86.0 cm³/mol. The van der Waals surface area contributed by atoms with Crippen LogP contribution in [0, 0.1) is 10.1 Å². The second kappa shape index (κ2) is 6.20. The number of nitrogens with two attached hydrogens (primary N) is 1. The highest BCUT2D eigenvalue weighted by atomic mass is 35.5. The first-order valence-corrected chi connectivity index (χ1v) is 6.90. The van der Waals surface area contributed by atoms with Gasteiger partial charge in [-0.25, -0.2) is 0 Å². The number of hydrogen-bond acceptors (Lipinski definition) is 4. The number of nitrogens with zero attached hydrogens (tertiary/aromatic N) is 1. The molecule has 7 heteroatoms. The van der Waals surface area contributed by atoms with Gasteiger partial charge in [-0.2, -0.15) is 0 Å². The number of nitro benzene ring substituents is 1. The molecule has 0 saturated heterocycles. The van der Waals surface area contributed by atoms with Gasteiger partial charge in [-0.3, -0.25) is 10.1 Å². The largest absolute Gasteiger partial charge is 0.393 e. The lowest BCUT2D eigenvalue weighted by Gasteiger charge is -2.17. The molecule has 2 aromatic rings. The predicted octanol–water partition coefficient (Wildman–Crippen LogP) is 4.66. The average molecular weight is 326 g/mol. The molecule has 110 valence electrons. The van der Waals surface area contributed by atoms with Gasteiger partial charge in [0.2, 0.25) is 0 Å². The Morgan fingerprint density at radius 2 is 2.00 bits per heavy atom. The summed E-state index contributed by atoms with van der Waals surface area (Å²) >= 11 is 12.0. The molecule has 0 aliphatic heterocycles. The molecule has 0 fully saturated rings. The van der Waals surface area contributed by atoms with Crippen LogP contribution in [-0.4, -0.2) is 4.92 Å². The number of nitro groups is 1. The highest BCUT2D eigenvalue weighted by Crippen LogP contribution is 2.34. The number of benzene rings is 2. The van der Waals surface area contributed by atoms with Gasteiger partial charge in [0.05, 0.1) is 11.0 Å². The normalized spacial score (nSPS) is 12.0. The average Bonchev–Trinajstić information content (AvgIpc) is 2.37. The minimum absolute atomic E-state index is 0.111. The van der Waals surface area contributed by atoms with Crippen molar-refractivity contribution in [3.63, 3.8) is 0 Å². The smallest absolute Gasteiger partial charge is 0.314 e. The molecule has 1 atom stereocenters. The minimum Gasteiger partial charge on any atom is -0.393 e. The van der Waals surface area contributed by atoms with E-state index < -0.39 is 4.92 Å². The van der Waals surface area contributed by atoms with Gasteiger partial charge < -0.3 is 11.1 Å². The van der Waals surface area contributed by atoms with Crippen molar-refractivity contribution in [2.75, 3.05) is 11.1 Å². The summed E-state index contributed by atoms with van der Waals surface area (Å²) in [5, 5.41) is 15.2. The molecule has 5 nitrogen and oxygen atoms in total. The van der Waals surface area contributed by atoms with Crippen molar-refractivity contribution in [1.82, 2.24) is 0 Å². The summed E-state index contributed by atoms with van der Waals surface area (Å²) in [6.07, 6.45) is 0. The second-order valence-corrected chi connectivity index (χ2v) is 5.38. The van der Waals surface area contributed by atoms with E-state index >= 15 is 0 Å². The molecule has 3 N–H and O–H groups in total. The van der Waals surface area contributed by atoms with E-state index in [-0.39, 0.29) is 17.4 Å². The van der Waals surface area contributed by atoms with Crippen molar-refractivity contribution < 1.29 is 4.92 Å². The third kappa shape index (κ3) is 3.37. The molecule has 0 aliphatic rings. The van der Waals surface area contributed by atoms with Gasteiger partial charge in [0.25, 0.3) is 0 Å². The topological polar surface area (TPSA) is 81.2 Å². The Balaban J connectivity index is 2.34. The van der Waals surface area contributed by atoms with Crippen LogP contribution in [0.1, 0.15) is 18.5 Å². The van der Waals surface area contributed by atoms with E-state index in [1.165, 1.54) is 6.07 Å². The number of nitrogens with one attached hydrogen (secondary N) is 1. The first kappa shape index (κ1) is 15.4. The summed E-state index contributed by atoms with van der Waals surface area (Å²) < 4.78 is 0. The molecular formula is C14H13Cl2N3O2. The van der Waals surface area contributed by atoms with Crippen LogP contribution in [0.5, 0.6) is 0 Å². The van der Waals surface area contributed by atoms with Gasteiger partial charge >= 0.3 is 5.69 Å². The second-order valence-electron chi connectivity index (χ2n) is 4.53. The van der Waals surface area contributed by atoms with E-state index in [2.05, 4.69) is 5.32 Å². The van der Waals surface area contributed by atoms with Crippen LogP contribution in [0.25, 0.3) is 0 Å². The fraction of sp³-hybridized carbons (Fsp3) is 0.143. The monoisotopic (exact) mass is 325 g/mol. The number of anilines is 2. The van der Waals surface area contributed by atoms with Crippen LogP contribution >= 0.6 is 23.2 Å². The molecule has 0 radical (unpaired) electrons. The van der Waals surface area contributed by atoms with Crippen molar-refractivity contribution >= 4 is 40.3 Å². The van der Waals surface area contributed by atoms with Gasteiger partial charge in [-0.15, -0.1) is 0 Å². The molecule has 0 aromatic heterocycles. The Hall–Kier alpha value is -1.98. The molecule has 0 amide bonds. The lowest BCUT2D eigenvalue weighted by molar-refractivity contribution is -0.383. The molecule has 0 bridgehead atoms. The molecule has 0 heterocycles. The number of hydrogen-bond donors (Lipinski definition) is 2. The summed E-state index contributed by atoms with van der Waals surface area (Å²) in [6, 6.07) is 9.63. The maximum atomic E-state index is 11.1. The van der Waals surface area contributed by atoms with E-state index in [1.54, 1.807) is 30.3 Å². The Morgan fingerprint density at radius 1 is 1.29 bits per heavy atom. The zero-order valence-corrected chi connectivity index (χ0v) is 12.7. The van der Waals surface area contributed by atoms with Crippen LogP contribution in [0.2, 0.25) is 10.0 Å². The van der Waals surface area contributed by atoms with Gasteiger partial charge in [0, 0.05) is 10.0 Å². The first-order valence-electron chi connectivity index (χ1n) is 6.14. The molecular weight excluding hydrogens is 313 g/mol. The SMILES string of the molecule is CC(Nc1cccc(N)c1[N+](=O)[O-])c1ccc(Cl)cc1Cl.